The van der Waals surface area contributed by atoms with Crippen LogP contribution in [0, 0.1) is 6.92 Å². The zero-order valence-corrected chi connectivity index (χ0v) is 12.8. The average molecular weight is 289 g/mol. The molecule has 0 aliphatic carbocycles. The van der Waals surface area contributed by atoms with E-state index in [1.54, 1.807) is 19.4 Å². The number of ether oxygens (including phenoxy) is 1. The van der Waals surface area contributed by atoms with Crippen molar-refractivity contribution in [1.82, 2.24) is 4.98 Å². The van der Waals surface area contributed by atoms with Gasteiger partial charge in [0.25, 0.3) is 0 Å². The predicted molar refractivity (Wildman–Crippen MR) is 86.1 cm³/mol. The van der Waals surface area contributed by atoms with Gasteiger partial charge in [-0.05, 0) is 44.9 Å². The number of anilines is 1. The number of hydrogen-bond acceptors (Lipinski definition) is 5. The van der Waals surface area contributed by atoms with E-state index in [4.69, 9.17) is 10.5 Å². The van der Waals surface area contributed by atoms with E-state index >= 15 is 0 Å². The number of aromatic hydroxyl groups is 1. The highest BCUT2D eigenvalue weighted by Gasteiger charge is 2.16. The van der Waals surface area contributed by atoms with Crippen LogP contribution in [-0.4, -0.2) is 29.8 Å². The number of hydrogen-bond donors (Lipinski definition) is 3. The standard InChI is InChI=1S/C16H23N3O2/c1-10-6-8-18-15-12(19-11(2)5-4-7-17)9-13(21-3)16(20)14(10)15/h6,8-9,11,19-20H,4-5,7,17H2,1-3H3. The van der Waals surface area contributed by atoms with E-state index in [-0.39, 0.29) is 11.8 Å². The van der Waals surface area contributed by atoms with Gasteiger partial charge in [0.05, 0.1) is 23.7 Å². The van der Waals surface area contributed by atoms with Gasteiger partial charge in [0.15, 0.2) is 11.5 Å². The Morgan fingerprint density at radius 2 is 2.24 bits per heavy atom. The molecule has 1 atom stereocenters. The number of fused-ring (bicyclic) bond motifs is 1. The number of aromatic nitrogens is 1. The molecule has 5 heteroatoms. The maximum absolute atomic E-state index is 10.3. The maximum Gasteiger partial charge on any atom is 0.167 e. The second-order valence-corrected chi connectivity index (χ2v) is 5.30. The Morgan fingerprint density at radius 1 is 1.48 bits per heavy atom. The van der Waals surface area contributed by atoms with Crippen LogP contribution in [0.4, 0.5) is 5.69 Å². The summed E-state index contributed by atoms with van der Waals surface area (Å²) in [5.41, 5.74) is 8.15. The number of phenols is 1. The van der Waals surface area contributed by atoms with Gasteiger partial charge in [0.2, 0.25) is 0 Å². The van der Waals surface area contributed by atoms with Crippen molar-refractivity contribution in [3.63, 3.8) is 0 Å². The molecule has 2 rings (SSSR count). The van der Waals surface area contributed by atoms with Gasteiger partial charge in [-0.25, -0.2) is 0 Å². The van der Waals surface area contributed by atoms with Gasteiger partial charge < -0.3 is 20.9 Å². The minimum atomic E-state index is 0.137. The average Bonchev–Trinajstić information content (AvgIpc) is 2.47. The SMILES string of the molecule is COc1cc(NC(C)CCCN)c2nccc(C)c2c1O. The van der Waals surface area contributed by atoms with Gasteiger partial charge in [-0.3, -0.25) is 4.98 Å². The molecule has 1 unspecified atom stereocenters. The van der Waals surface area contributed by atoms with E-state index in [0.717, 1.165) is 35.0 Å². The quantitative estimate of drug-likeness (QED) is 0.712. The fourth-order valence-electron chi connectivity index (χ4n) is 2.48. The molecule has 114 valence electrons. The van der Waals surface area contributed by atoms with Crippen LogP contribution in [0.3, 0.4) is 0 Å². The Labute approximate surface area is 125 Å². The lowest BCUT2D eigenvalue weighted by atomic mass is 10.1. The fraction of sp³-hybridized carbons (Fsp3) is 0.438. The zero-order chi connectivity index (χ0) is 15.4. The van der Waals surface area contributed by atoms with Crippen molar-refractivity contribution in [2.75, 3.05) is 19.0 Å². The Bertz CT molecular complexity index is 628. The third-order valence-electron chi connectivity index (χ3n) is 3.62. The molecule has 0 aliphatic heterocycles. The number of aryl methyl sites for hydroxylation is 1. The lowest BCUT2D eigenvalue weighted by Gasteiger charge is -2.18. The van der Waals surface area contributed by atoms with Gasteiger partial charge in [-0.2, -0.15) is 0 Å². The molecule has 0 fully saturated rings. The van der Waals surface area contributed by atoms with Crippen LogP contribution in [0.1, 0.15) is 25.3 Å². The normalized spacial score (nSPS) is 12.4. The van der Waals surface area contributed by atoms with E-state index in [1.165, 1.54) is 0 Å². The third-order valence-corrected chi connectivity index (χ3v) is 3.62. The van der Waals surface area contributed by atoms with Gasteiger partial charge in [-0.1, -0.05) is 0 Å². The summed E-state index contributed by atoms with van der Waals surface area (Å²) in [5.74, 6) is 0.588. The molecule has 0 amide bonds. The molecule has 0 saturated heterocycles. The molecular weight excluding hydrogens is 266 g/mol. The number of nitrogens with zero attached hydrogens (tertiary/aromatic N) is 1. The van der Waals surface area contributed by atoms with Gasteiger partial charge in [-0.15, -0.1) is 0 Å². The van der Waals surface area contributed by atoms with Crippen molar-refractivity contribution in [3.8, 4) is 11.5 Å². The van der Waals surface area contributed by atoms with Crippen LogP contribution < -0.4 is 15.8 Å². The molecule has 5 nitrogen and oxygen atoms in total. The van der Waals surface area contributed by atoms with Crippen molar-refractivity contribution >= 4 is 16.6 Å². The summed E-state index contributed by atoms with van der Waals surface area (Å²) in [5, 5.41) is 14.5. The second-order valence-electron chi connectivity index (χ2n) is 5.30. The van der Waals surface area contributed by atoms with Crippen LogP contribution in [0.25, 0.3) is 10.9 Å². The molecule has 21 heavy (non-hydrogen) atoms. The van der Waals surface area contributed by atoms with E-state index in [0.29, 0.717) is 12.3 Å². The van der Waals surface area contributed by atoms with Crippen LogP contribution in [0.2, 0.25) is 0 Å². The third kappa shape index (κ3) is 3.19. The molecule has 0 saturated carbocycles. The monoisotopic (exact) mass is 289 g/mol. The van der Waals surface area contributed by atoms with Crippen LogP contribution in [0.5, 0.6) is 11.5 Å². The van der Waals surface area contributed by atoms with Crippen molar-refractivity contribution in [2.24, 2.45) is 5.73 Å². The highest BCUT2D eigenvalue weighted by atomic mass is 16.5. The Balaban J connectivity index is 2.47. The molecule has 4 N–H and O–H groups in total. The second kappa shape index (κ2) is 6.63. The summed E-state index contributed by atoms with van der Waals surface area (Å²) in [7, 11) is 1.55. The summed E-state index contributed by atoms with van der Waals surface area (Å²) < 4.78 is 5.27. The number of nitrogens with one attached hydrogen (secondary N) is 1. The molecule has 1 aromatic heterocycles. The highest BCUT2D eigenvalue weighted by Crippen LogP contribution is 2.40. The Morgan fingerprint density at radius 3 is 2.90 bits per heavy atom. The number of rotatable bonds is 6. The van der Waals surface area contributed by atoms with Crippen molar-refractivity contribution in [3.05, 3.63) is 23.9 Å². The highest BCUT2D eigenvalue weighted by molar-refractivity contribution is 5.99. The Kier molecular flexibility index (Phi) is 4.85. The first-order valence-corrected chi connectivity index (χ1v) is 7.20. The summed E-state index contributed by atoms with van der Waals surface area (Å²) in [6, 6.07) is 3.94. The molecule has 0 radical (unpaired) electrons. The van der Waals surface area contributed by atoms with Gasteiger partial charge in [0, 0.05) is 18.3 Å². The van der Waals surface area contributed by atoms with Crippen LogP contribution in [0.15, 0.2) is 18.3 Å². The number of methoxy groups -OCH3 is 1. The summed E-state index contributed by atoms with van der Waals surface area (Å²) in [6.45, 7) is 4.74. The summed E-state index contributed by atoms with van der Waals surface area (Å²) >= 11 is 0. The number of pyridine rings is 1. The predicted octanol–water partition coefficient (Wildman–Crippen LogP) is 2.80. The Hall–Kier alpha value is -2.01. The first-order chi connectivity index (χ1) is 10.1. The first kappa shape index (κ1) is 15.4. The molecule has 1 aromatic carbocycles. The number of nitrogens with two attached hydrogens (primary N) is 1. The van der Waals surface area contributed by atoms with Crippen molar-refractivity contribution in [1.29, 1.82) is 0 Å². The minimum absolute atomic E-state index is 0.137. The van der Waals surface area contributed by atoms with Gasteiger partial charge in [0.1, 0.15) is 0 Å². The minimum Gasteiger partial charge on any atom is -0.504 e. The largest absolute Gasteiger partial charge is 0.504 e. The first-order valence-electron chi connectivity index (χ1n) is 7.20. The van der Waals surface area contributed by atoms with E-state index < -0.39 is 0 Å². The van der Waals surface area contributed by atoms with Crippen LogP contribution in [-0.2, 0) is 0 Å². The molecule has 0 aliphatic rings. The molecule has 2 aromatic rings. The summed E-state index contributed by atoms with van der Waals surface area (Å²) in [6.07, 6.45) is 3.69. The van der Waals surface area contributed by atoms with Crippen molar-refractivity contribution in [2.45, 2.75) is 32.7 Å². The maximum atomic E-state index is 10.3. The van der Waals surface area contributed by atoms with Gasteiger partial charge >= 0.3 is 0 Å². The molecular formula is C16H23N3O2. The zero-order valence-electron chi connectivity index (χ0n) is 12.8. The smallest absolute Gasteiger partial charge is 0.167 e. The van der Waals surface area contributed by atoms with Crippen molar-refractivity contribution < 1.29 is 9.84 Å². The van der Waals surface area contributed by atoms with E-state index in [1.807, 2.05) is 13.0 Å². The molecule has 0 spiro atoms. The number of phenolic OH excluding ortho intramolecular Hbond substituents is 1. The molecule has 0 bridgehead atoms. The van der Waals surface area contributed by atoms with Crippen LogP contribution >= 0.6 is 0 Å². The lowest BCUT2D eigenvalue weighted by molar-refractivity contribution is 0.376. The topological polar surface area (TPSA) is 80.4 Å². The fourth-order valence-corrected chi connectivity index (χ4v) is 2.48. The molecule has 1 heterocycles. The summed E-state index contributed by atoms with van der Waals surface area (Å²) in [4.78, 5) is 4.41. The number of benzene rings is 1. The van der Waals surface area contributed by atoms with E-state index in [2.05, 4.69) is 17.2 Å². The van der Waals surface area contributed by atoms with E-state index in [9.17, 15) is 5.11 Å². The lowest BCUT2D eigenvalue weighted by Crippen LogP contribution is -2.17.